The van der Waals surface area contributed by atoms with Gasteiger partial charge in [-0.25, -0.2) is 17.5 Å². The van der Waals surface area contributed by atoms with Crippen LogP contribution < -0.4 is 9.46 Å². The van der Waals surface area contributed by atoms with Crippen LogP contribution in [0, 0.1) is 5.82 Å². The van der Waals surface area contributed by atoms with Crippen molar-refractivity contribution in [3.05, 3.63) is 45.9 Å². The van der Waals surface area contributed by atoms with Crippen LogP contribution in [0.2, 0.25) is 0 Å². The van der Waals surface area contributed by atoms with Crippen molar-refractivity contribution in [2.45, 2.75) is 24.3 Å². The minimum Gasteiger partial charge on any atom is -0.495 e. The zero-order chi connectivity index (χ0) is 17.0. The van der Waals surface area contributed by atoms with Gasteiger partial charge in [-0.1, -0.05) is 0 Å². The Bertz CT molecular complexity index is 772. The third-order valence-electron chi connectivity index (χ3n) is 3.17. The summed E-state index contributed by atoms with van der Waals surface area (Å²) in [4.78, 5) is 1.56. The van der Waals surface area contributed by atoms with E-state index in [4.69, 9.17) is 4.74 Å². The number of aliphatic hydroxyl groups is 1. The van der Waals surface area contributed by atoms with Crippen molar-refractivity contribution < 1.29 is 22.7 Å². The third-order valence-corrected chi connectivity index (χ3v) is 5.97. The average Bonchev–Trinajstić information content (AvgIpc) is 2.96. The molecule has 0 amide bonds. The van der Waals surface area contributed by atoms with Gasteiger partial charge in [0.1, 0.15) is 16.5 Å². The van der Waals surface area contributed by atoms with E-state index >= 15 is 0 Å². The molecule has 0 saturated heterocycles. The number of benzene rings is 1. The van der Waals surface area contributed by atoms with Gasteiger partial charge in [0.25, 0.3) is 0 Å². The number of hydrogen-bond acceptors (Lipinski definition) is 5. The molecule has 1 aromatic heterocycles. The second-order valence-corrected chi connectivity index (χ2v) is 7.86. The number of halogens is 1. The van der Waals surface area contributed by atoms with Crippen LogP contribution in [0.4, 0.5) is 4.39 Å². The Kier molecular flexibility index (Phi) is 5.74. The molecule has 5 nitrogen and oxygen atoms in total. The van der Waals surface area contributed by atoms with Crippen molar-refractivity contribution in [3.8, 4) is 5.75 Å². The summed E-state index contributed by atoms with van der Waals surface area (Å²) < 4.78 is 45.3. The van der Waals surface area contributed by atoms with E-state index in [2.05, 4.69) is 4.72 Å². The van der Waals surface area contributed by atoms with Crippen LogP contribution in [0.25, 0.3) is 0 Å². The Balaban J connectivity index is 2.05. The first kappa shape index (κ1) is 17.9. The van der Waals surface area contributed by atoms with Gasteiger partial charge in [0.05, 0.1) is 13.2 Å². The highest BCUT2D eigenvalue weighted by molar-refractivity contribution is 7.89. The molecule has 0 aliphatic carbocycles. The van der Waals surface area contributed by atoms with Crippen LogP contribution in [-0.4, -0.2) is 27.2 Å². The third kappa shape index (κ3) is 4.51. The largest absolute Gasteiger partial charge is 0.495 e. The molecule has 2 rings (SSSR count). The minimum absolute atomic E-state index is 0.0893. The van der Waals surface area contributed by atoms with Crippen LogP contribution in [0.1, 0.15) is 22.8 Å². The molecule has 23 heavy (non-hydrogen) atoms. The first-order chi connectivity index (χ1) is 10.8. The van der Waals surface area contributed by atoms with Crippen molar-refractivity contribution in [2.75, 3.05) is 13.7 Å². The smallest absolute Gasteiger partial charge is 0.244 e. The number of methoxy groups -OCH3 is 1. The highest BCUT2D eigenvalue weighted by atomic mass is 32.2. The Hall–Kier alpha value is -1.48. The first-order valence-corrected chi connectivity index (χ1v) is 9.23. The summed E-state index contributed by atoms with van der Waals surface area (Å²) in [5.41, 5.74) is 0. The van der Waals surface area contributed by atoms with E-state index in [0.29, 0.717) is 6.42 Å². The van der Waals surface area contributed by atoms with Gasteiger partial charge < -0.3 is 9.84 Å². The molecule has 0 saturated carbocycles. The number of hydrogen-bond donors (Lipinski definition) is 2. The monoisotopic (exact) mass is 359 g/mol. The van der Waals surface area contributed by atoms with E-state index < -0.39 is 21.9 Å². The van der Waals surface area contributed by atoms with Crippen LogP contribution in [0.5, 0.6) is 5.75 Å². The fourth-order valence-electron chi connectivity index (χ4n) is 2.00. The lowest BCUT2D eigenvalue weighted by Crippen LogP contribution is -2.26. The van der Waals surface area contributed by atoms with Crippen molar-refractivity contribution in [1.82, 2.24) is 4.72 Å². The molecular formula is C15H18FNO4S2. The molecule has 8 heteroatoms. The summed E-state index contributed by atoms with van der Waals surface area (Å²) in [6, 6.07) is 7.01. The van der Waals surface area contributed by atoms with Gasteiger partial charge in [-0.2, -0.15) is 0 Å². The zero-order valence-corrected chi connectivity index (χ0v) is 14.4. The van der Waals surface area contributed by atoms with Gasteiger partial charge in [-0.05, 0) is 43.7 Å². The molecule has 0 aliphatic heterocycles. The topological polar surface area (TPSA) is 75.6 Å². The molecule has 0 bridgehead atoms. The lowest BCUT2D eigenvalue weighted by Gasteiger charge is -2.10. The molecule has 2 N–H and O–H groups in total. The first-order valence-electron chi connectivity index (χ1n) is 6.93. The summed E-state index contributed by atoms with van der Waals surface area (Å²) in [7, 11) is -2.54. The van der Waals surface area contributed by atoms with Gasteiger partial charge >= 0.3 is 0 Å². The maximum Gasteiger partial charge on any atom is 0.244 e. The van der Waals surface area contributed by atoms with E-state index in [1.54, 1.807) is 6.92 Å². The fourth-order valence-corrected chi connectivity index (χ4v) is 4.16. The lowest BCUT2D eigenvalue weighted by atomic mass is 10.3. The van der Waals surface area contributed by atoms with Gasteiger partial charge in [0.15, 0.2) is 0 Å². The second-order valence-electron chi connectivity index (χ2n) is 4.92. The number of ether oxygens (including phenoxy) is 1. The van der Waals surface area contributed by atoms with Gasteiger partial charge in [-0.3, -0.25) is 0 Å². The summed E-state index contributed by atoms with van der Waals surface area (Å²) in [5, 5.41) is 9.47. The molecule has 0 aliphatic rings. The van der Waals surface area contributed by atoms with Gasteiger partial charge in [0.2, 0.25) is 10.0 Å². The Morgan fingerprint density at radius 3 is 2.70 bits per heavy atom. The van der Waals surface area contributed by atoms with Crippen LogP contribution in [0.15, 0.2) is 35.2 Å². The summed E-state index contributed by atoms with van der Waals surface area (Å²) >= 11 is 1.43. The minimum atomic E-state index is -3.86. The fraction of sp³-hybridized carbons (Fsp3) is 0.333. The van der Waals surface area contributed by atoms with Crippen molar-refractivity contribution >= 4 is 21.4 Å². The SMILES string of the molecule is COc1ccc(F)cc1S(=O)(=O)NCCc1ccc([C@H](C)O)s1. The predicted octanol–water partition coefficient (Wildman–Crippen LogP) is 2.47. The molecule has 1 aromatic carbocycles. The molecule has 0 radical (unpaired) electrons. The summed E-state index contributed by atoms with van der Waals surface area (Å²) in [5.74, 6) is -0.558. The molecule has 0 fully saturated rings. The number of thiophene rings is 1. The molecule has 0 spiro atoms. The average molecular weight is 359 g/mol. The molecule has 1 atom stereocenters. The van der Waals surface area contributed by atoms with E-state index in [-0.39, 0.29) is 17.2 Å². The molecule has 126 valence electrons. The quantitative estimate of drug-likeness (QED) is 0.796. The summed E-state index contributed by atoms with van der Waals surface area (Å²) in [6.07, 6.45) is -0.0594. The van der Waals surface area contributed by atoms with Crippen molar-refractivity contribution in [1.29, 1.82) is 0 Å². The number of sulfonamides is 1. The predicted molar refractivity (Wildman–Crippen MR) is 86.8 cm³/mol. The van der Waals surface area contributed by atoms with Crippen molar-refractivity contribution in [2.24, 2.45) is 0 Å². The van der Waals surface area contributed by atoms with Crippen molar-refractivity contribution in [3.63, 3.8) is 0 Å². The standard InChI is InChI=1S/C15H18FNO4S2/c1-10(18)14-6-4-12(22-14)7-8-17-23(19,20)15-9-11(16)3-5-13(15)21-2/h3-6,9-10,17-18H,7-8H2,1-2H3/t10-/m0/s1. The highest BCUT2D eigenvalue weighted by Gasteiger charge is 2.20. The van der Waals surface area contributed by atoms with Crippen LogP contribution in [0.3, 0.4) is 0 Å². The van der Waals surface area contributed by atoms with E-state index in [1.807, 2.05) is 12.1 Å². The maximum absolute atomic E-state index is 13.3. The highest BCUT2D eigenvalue weighted by Crippen LogP contribution is 2.25. The van der Waals surface area contributed by atoms with Crippen LogP contribution >= 0.6 is 11.3 Å². The molecule has 2 aromatic rings. The van der Waals surface area contributed by atoms with Crippen LogP contribution in [-0.2, 0) is 16.4 Å². The Morgan fingerprint density at radius 1 is 1.35 bits per heavy atom. The van der Waals surface area contributed by atoms with E-state index in [9.17, 15) is 17.9 Å². The second kappa shape index (κ2) is 7.39. The normalized spacial score (nSPS) is 13.0. The number of nitrogens with one attached hydrogen (secondary N) is 1. The maximum atomic E-state index is 13.3. The zero-order valence-electron chi connectivity index (χ0n) is 12.7. The molecule has 0 unspecified atom stereocenters. The Labute approximate surface area is 138 Å². The molecular weight excluding hydrogens is 341 g/mol. The van der Waals surface area contributed by atoms with Gasteiger partial charge in [-0.15, -0.1) is 11.3 Å². The lowest BCUT2D eigenvalue weighted by molar-refractivity contribution is 0.203. The van der Waals surface area contributed by atoms with Gasteiger partial charge in [0, 0.05) is 16.3 Å². The number of rotatable bonds is 7. The van der Waals surface area contributed by atoms with E-state index in [1.165, 1.54) is 24.5 Å². The Morgan fingerprint density at radius 2 is 2.09 bits per heavy atom. The van der Waals surface area contributed by atoms with E-state index in [0.717, 1.165) is 21.9 Å². The number of aliphatic hydroxyl groups excluding tert-OH is 1. The molecule has 1 heterocycles. The summed E-state index contributed by atoms with van der Waals surface area (Å²) in [6.45, 7) is 1.84.